The lowest BCUT2D eigenvalue weighted by Gasteiger charge is -2.70. The molecule has 34 heavy (non-hydrogen) atoms. The van der Waals surface area contributed by atoms with Crippen LogP contribution in [0.3, 0.4) is 0 Å². The highest BCUT2D eigenvalue weighted by atomic mass is 16.4. The zero-order chi connectivity index (χ0) is 25.1. The molecule has 0 unspecified atom stereocenters. The fourth-order valence-electron chi connectivity index (χ4n) is 10.7. The Kier molecular flexibility index (Phi) is 5.20. The monoisotopic (exact) mass is 470 g/mol. The van der Waals surface area contributed by atoms with Gasteiger partial charge in [-0.2, -0.15) is 0 Å². The fraction of sp³-hybridized carbons (Fsp3) is 0.867. The first-order valence-corrected chi connectivity index (χ1v) is 13.8. The van der Waals surface area contributed by atoms with E-state index < -0.39 is 11.4 Å². The summed E-state index contributed by atoms with van der Waals surface area (Å²) < 4.78 is 0. The maximum Gasteiger partial charge on any atom is 0.310 e. The number of rotatable bonds is 1. The standard InChI is InChI=1S/C30H46O4/c1-17-8-13-30(25(33)34)15-14-28(6)19(23(30)18(17)2)16-20(31)24-27(5)11-10-22(32)26(3,4)21(27)9-12-29(24,28)7/h16-18,21-24,32H,8-15H2,1-7H3,(H,33,34)/t17-,18+,21+,22+,23-,24+,27+,28-,29-,30+/m1/s1. The molecule has 4 nitrogen and oxygen atoms in total. The number of aliphatic hydroxyl groups is 1. The van der Waals surface area contributed by atoms with Crippen LogP contribution in [0.15, 0.2) is 11.6 Å². The van der Waals surface area contributed by atoms with Crippen LogP contribution in [-0.4, -0.2) is 28.1 Å². The number of carboxylic acids is 1. The first-order valence-electron chi connectivity index (χ1n) is 13.8. The van der Waals surface area contributed by atoms with Crippen molar-refractivity contribution in [3.8, 4) is 0 Å². The molecule has 0 aliphatic heterocycles. The number of carbonyl (C=O) groups is 2. The Morgan fingerprint density at radius 2 is 1.62 bits per heavy atom. The predicted octanol–water partition coefficient (Wildman–Crippen LogP) is 6.27. The van der Waals surface area contributed by atoms with Crippen molar-refractivity contribution in [3.63, 3.8) is 0 Å². The van der Waals surface area contributed by atoms with Crippen molar-refractivity contribution in [1.82, 2.24) is 0 Å². The number of fused-ring (bicyclic) bond motifs is 7. The Hall–Kier alpha value is -1.16. The molecule has 0 spiro atoms. The van der Waals surface area contributed by atoms with Crippen LogP contribution in [0.5, 0.6) is 0 Å². The van der Waals surface area contributed by atoms with Gasteiger partial charge in [0.1, 0.15) is 0 Å². The number of aliphatic hydroxyl groups excluding tert-OH is 1. The first-order chi connectivity index (χ1) is 15.7. The molecular formula is C30H46O4. The minimum absolute atomic E-state index is 0.0515. The molecule has 4 fully saturated rings. The molecule has 5 aliphatic rings. The third-order valence-corrected chi connectivity index (χ3v) is 13.1. The molecule has 10 atom stereocenters. The van der Waals surface area contributed by atoms with E-state index in [4.69, 9.17) is 0 Å². The summed E-state index contributed by atoms with van der Waals surface area (Å²) in [6, 6.07) is 0. The van der Waals surface area contributed by atoms with Crippen LogP contribution in [0.1, 0.15) is 99.8 Å². The van der Waals surface area contributed by atoms with Gasteiger partial charge in [-0.05, 0) is 103 Å². The Labute approximate surface area is 206 Å². The van der Waals surface area contributed by atoms with Crippen LogP contribution < -0.4 is 0 Å². The van der Waals surface area contributed by atoms with Gasteiger partial charge >= 0.3 is 5.97 Å². The SMILES string of the molecule is C[C@H]1[C@H](C)CC[C@]2(C(=O)O)CC[C@]3(C)C(=CC(=O)[C@H]4[C@@]5(C)CC[C@H](O)C(C)(C)[C@@H]5CC[C@]43C)[C@@H]12. The molecular weight excluding hydrogens is 424 g/mol. The average Bonchev–Trinajstić information content (AvgIpc) is 2.74. The second kappa shape index (κ2) is 7.20. The summed E-state index contributed by atoms with van der Waals surface area (Å²) in [7, 11) is 0. The van der Waals surface area contributed by atoms with Crippen molar-refractivity contribution in [2.45, 2.75) is 106 Å². The number of carbonyl (C=O) groups excluding carboxylic acids is 1. The van der Waals surface area contributed by atoms with Gasteiger partial charge in [0.25, 0.3) is 0 Å². The highest BCUT2D eigenvalue weighted by molar-refractivity contribution is 5.96. The maximum absolute atomic E-state index is 14.2. The van der Waals surface area contributed by atoms with Crippen LogP contribution in [0.2, 0.25) is 0 Å². The molecule has 2 N–H and O–H groups in total. The molecule has 0 bridgehead atoms. The lowest BCUT2D eigenvalue weighted by atomic mass is 9.33. The van der Waals surface area contributed by atoms with Crippen LogP contribution >= 0.6 is 0 Å². The molecule has 0 aromatic rings. The summed E-state index contributed by atoms with van der Waals surface area (Å²) in [6.45, 7) is 16.0. The highest BCUT2D eigenvalue weighted by Gasteiger charge is 2.71. The fourth-order valence-corrected chi connectivity index (χ4v) is 10.7. The molecule has 190 valence electrons. The number of carboxylic acid groups (broad SMARTS) is 1. The van der Waals surface area contributed by atoms with E-state index in [9.17, 15) is 19.8 Å². The molecule has 5 rings (SSSR count). The molecule has 0 amide bonds. The molecule has 5 aliphatic carbocycles. The van der Waals surface area contributed by atoms with E-state index in [1.165, 1.54) is 5.57 Å². The van der Waals surface area contributed by atoms with Gasteiger partial charge in [0.05, 0.1) is 11.5 Å². The van der Waals surface area contributed by atoms with E-state index in [2.05, 4.69) is 48.5 Å². The molecule has 0 heterocycles. The van der Waals surface area contributed by atoms with Crippen molar-refractivity contribution in [2.24, 2.45) is 56.7 Å². The number of allylic oxidation sites excluding steroid dienone is 2. The van der Waals surface area contributed by atoms with E-state index in [0.29, 0.717) is 11.8 Å². The summed E-state index contributed by atoms with van der Waals surface area (Å²) in [4.78, 5) is 27.0. The largest absolute Gasteiger partial charge is 0.481 e. The Bertz CT molecular complexity index is 949. The summed E-state index contributed by atoms with van der Waals surface area (Å²) in [5.74, 6) is 0.519. The molecule has 4 saturated carbocycles. The van der Waals surface area contributed by atoms with Crippen LogP contribution in [0, 0.1) is 56.7 Å². The molecule has 0 radical (unpaired) electrons. The third-order valence-electron chi connectivity index (χ3n) is 13.1. The second-order valence-electron chi connectivity index (χ2n) is 14.5. The quantitative estimate of drug-likeness (QED) is 0.474. The van der Waals surface area contributed by atoms with Crippen molar-refractivity contribution < 1.29 is 19.8 Å². The molecule has 0 aromatic heterocycles. The number of aliphatic carboxylic acids is 1. The summed E-state index contributed by atoms with van der Waals surface area (Å²) in [5.41, 5.74) is -0.222. The van der Waals surface area contributed by atoms with E-state index in [-0.39, 0.29) is 51.3 Å². The second-order valence-corrected chi connectivity index (χ2v) is 14.5. The van der Waals surface area contributed by atoms with E-state index >= 15 is 0 Å². The minimum Gasteiger partial charge on any atom is -0.481 e. The smallest absolute Gasteiger partial charge is 0.310 e. The summed E-state index contributed by atoms with van der Waals surface area (Å²) >= 11 is 0. The van der Waals surface area contributed by atoms with Gasteiger partial charge in [0.2, 0.25) is 0 Å². The van der Waals surface area contributed by atoms with Crippen molar-refractivity contribution >= 4 is 11.8 Å². The molecule has 4 heteroatoms. The van der Waals surface area contributed by atoms with Gasteiger partial charge in [-0.1, -0.05) is 54.0 Å². The van der Waals surface area contributed by atoms with Crippen LogP contribution in [0.4, 0.5) is 0 Å². The van der Waals surface area contributed by atoms with Gasteiger partial charge in [0.15, 0.2) is 5.78 Å². The number of hydrogen-bond donors (Lipinski definition) is 2. The Balaban J connectivity index is 1.67. The van der Waals surface area contributed by atoms with Gasteiger partial charge < -0.3 is 10.2 Å². The van der Waals surface area contributed by atoms with E-state index in [1.54, 1.807) is 0 Å². The van der Waals surface area contributed by atoms with Gasteiger partial charge in [0, 0.05) is 5.92 Å². The normalized spacial score (nSPS) is 54.1. The zero-order valence-corrected chi connectivity index (χ0v) is 22.4. The number of hydrogen-bond acceptors (Lipinski definition) is 3. The Morgan fingerprint density at radius 3 is 2.26 bits per heavy atom. The highest BCUT2D eigenvalue weighted by Crippen LogP contribution is 2.75. The topological polar surface area (TPSA) is 74.6 Å². The van der Waals surface area contributed by atoms with Crippen LogP contribution in [-0.2, 0) is 9.59 Å². The van der Waals surface area contributed by atoms with Crippen molar-refractivity contribution in [3.05, 3.63) is 11.6 Å². The van der Waals surface area contributed by atoms with E-state index in [0.717, 1.165) is 51.4 Å². The molecule has 0 aromatic carbocycles. The summed E-state index contributed by atoms with van der Waals surface area (Å²) in [5, 5.41) is 21.4. The Morgan fingerprint density at radius 1 is 0.941 bits per heavy atom. The van der Waals surface area contributed by atoms with Crippen molar-refractivity contribution in [1.29, 1.82) is 0 Å². The van der Waals surface area contributed by atoms with Gasteiger partial charge in [-0.3, -0.25) is 9.59 Å². The maximum atomic E-state index is 14.2. The predicted molar refractivity (Wildman–Crippen MR) is 133 cm³/mol. The van der Waals surface area contributed by atoms with Crippen molar-refractivity contribution in [2.75, 3.05) is 0 Å². The zero-order valence-electron chi connectivity index (χ0n) is 22.4. The van der Waals surface area contributed by atoms with Gasteiger partial charge in [-0.15, -0.1) is 0 Å². The number of ketones is 1. The average molecular weight is 471 g/mol. The first kappa shape index (κ1) is 24.5. The lowest BCUT2D eigenvalue weighted by Crippen LogP contribution is -2.67. The molecule has 0 saturated heterocycles. The summed E-state index contributed by atoms with van der Waals surface area (Å²) in [6.07, 6.45) is 8.57. The third kappa shape index (κ3) is 2.70. The van der Waals surface area contributed by atoms with Gasteiger partial charge in [-0.25, -0.2) is 0 Å². The van der Waals surface area contributed by atoms with Crippen LogP contribution in [0.25, 0.3) is 0 Å². The lowest BCUT2D eigenvalue weighted by molar-refractivity contribution is -0.205. The van der Waals surface area contributed by atoms with E-state index in [1.807, 2.05) is 6.08 Å². The minimum atomic E-state index is -0.723.